The van der Waals surface area contributed by atoms with Crippen LogP contribution in [0, 0.1) is 11.8 Å². The van der Waals surface area contributed by atoms with Gasteiger partial charge in [0.1, 0.15) is 5.78 Å². The lowest BCUT2D eigenvalue weighted by Crippen LogP contribution is -2.30. The summed E-state index contributed by atoms with van der Waals surface area (Å²) in [5, 5.41) is 0. The van der Waals surface area contributed by atoms with Crippen molar-refractivity contribution in [3.05, 3.63) is 53.9 Å². The Morgan fingerprint density at radius 3 is 2.59 bits per heavy atom. The van der Waals surface area contributed by atoms with Crippen molar-refractivity contribution >= 4 is 5.78 Å². The molecule has 2 aliphatic rings. The van der Waals surface area contributed by atoms with Gasteiger partial charge in [-0.05, 0) is 68.4 Å². The second-order valence-electron chi connectivity index (χ2n) is 8.00. The minimum atomic E-state index is -0.357. The van der Waals surface area contributed by atoms with E-state index >= 15 is 0 Å². The smallest absolute Gasteiger partial charge is 0.161 e. The molecule has 4 heteroatoms. The van der Waals surface area contributed by atoms with Gasteiger partial charge in [0.2, 0.25) is 0 Å². The molecule has 0 unspecified atom stereocenters. The van der Waals surface area contributed by atoms with Crippen LogP contribution in [0.3, 0.4) is 0 Å². The Labute approximate surface area is 172 Å². The summed E-state index contributed by atoms with van der Waals surface area (Å²) in [6, 6.07) is 9.99. The van der Waals surface area contributed by atoms with Crippen molar-refractivity contribution < 1.29 is 14.3 Å². The molecule has 4 nitrogen and oxygen atoms in total. The van der Waals surface area contributed by atoms with Gasteiger partial charge in [0.25, 0.3) is 0 Å². The molecule has 2 fully saturated rings. The molecule has 0 aliphatic heterocycles. The number of pyridine rings is 1. The number of methoxy groups -OCH3 is 1. The first-order chi connectivity index (χ1) is 14.2. The Bertz CT molecular complexity index is 910. The van der Waals surface area contributed by atoms with Gasteiger partial charge in [-0.1, -0.05) is 17.9 Å². The van der Waals surface area contributed by atoms with E-state index in [1.54, 1.807) is 19.5 Å². The second kappa shape index (κ2) is 8.69. The maximum absolute atomic E-state index is 12.0. The summed E-state index contributed by atoms with van der Waals surface area (Å²) < 4.78 is 11.9. The van der Waals surface area contributed by atoms with E-state index in [0.29, 0.717) is 18.6 Å². The number of ether oxygens (including phenoxy) is 2. The van der Waals surface area contributed by atoms with Crippen molar-refractivity contribution in [1.82, 2.24) is 4.98 Å². The minimum Gasteiger partial charge on any atom is -0.493 e. The predicted molar refractivity (Wildman–Crippen MR) is 112 cm³/mol. The molecule has 2 aromatic rings. The number of rotatable bonds is 4. The molecule has 0 amide bonds. The molecule has 0 spiro atoms. The fourth-order valence-electron chi connectivity index (χ4n) is 4.32. The molecule has 0 saturated heterocycles. The average Bonchev–Trinajstić information content (AvgIpc) is 3.27. The highest BCUT2D eigenvalue weighted by Gasteiger charge is 2.36. The lowest BCUT2D eigenvalue weighted by atomic mass is 9.69. The fourth-order valence-corrected chi connectivity index (χ4v) is 4.32. The molecule has 150 valence electrons. The average molecular weight is 389 g/mol. The highest BCUT2D eigenvalue weighted by atomic mass is 16.5. The van der Waals surface area contributed by atoms with Gasteiger partial charge >= 0.3 is 0 Å². The van der Waals surface area contributed by atoms with Crippen LogP contribution in [0.2, 0.25) is 0 Å². The van der Waals surface area contributed by atoms with Gasteiger partial charge in [-0.3, -0.25) is 9.78 Å². The lowest BCUT2D eigenvalue weighted by molar-refractivity contribution is -0.120. The van der Waals surface area contributed by atoms with Gasteiger partial charge in [-0.25, -0.2) is 0 Å². The zero-order valence-electron chi connectivity index (χ0n) is 16.9. The van der Waals surface area contributed by atoms with Crippen molar-refractivity contribution in [3.63, 3.8) is 0 Å². The van der Waals surface area contributed by atoms with Crippen LogP contribution in [0.5, 0.6) is 11.5 Å². The van der Waals surface area contributed by atoms with E-state index < -0.39 is 0 Å². The van der Waals surface area contributed by atoms with Crippen molar-refractivity contribution in [2.24, 2.45) is 0 Å². The second-order valence-corrected chi connectivity index (χ2v) is 8.00. The van der Waals surface area contributed by atoms with Crippen LogP contribution in [-0.2, 0) is 10.2 Å². The SMILES string of the molecule is COc1ccc(C2(C#Cc3cccnc3)CCC(=O)CC2)cc1OC1CCCC1. The summed E-state index contributed by atoms with van der Waals surface area (Å²) in [5.41, 5.74) is 1.64. The number of benzene rings is 1. The van der Waals surface area contributed by atoms with Gasteiger partial charge in [-0.15, -0.1) is 0 Å². The summed E-state index contributed by atoms with van der Waals surface area (Å²) >= 11 is 0. The molecule has 2 aliphatic carbocycles. The maximum Gasteiger partial charge on any atom is 0.161 e. The normalized spacial score (nSPS) is 18.7. The third-order valence-corrected chi connectivity index (χ3v) is 6.08. The van der Waals surface area contributed by atoms with Crippen LogP contribution in [0.25, 0.3) is 0 Å². The number of Topliss-reactive ketones (excluding diaryl/α,β-unsaturated/α-hetero) is 1. The molecule has 1 aromatic heterocycles. The van der Waals surface area contributed by atoms with E-state index in [1.165, 1.54) is 12.8 Å². The van der Waals surface area contributed by atoms with E-state index in [1.807, 2.05) is 18.2 Å². The van der Waals surface area contributed by atoms with Gasteiger partial charge in [-0.2, -0.15) is 0 Å². The Morgan fingerprint density at radius 2 is 1.90 bits per heavy atom. The Morgan fingerprint density at radius 1 is 1.10 bits per heavy atom. The molecule has 1 heterocycles. The van der Waals surface area contributed by atoms with Crippen LogP contribution >= 0.6 is 0 Å². The largest absolute Gasteiger partial charge is 0.493 e. The number of aromatic nitrogens is 1. The molecule has 2 saturated carbocycles. The van der Waals surface area contributed by atoms with Crippen LogP contribution < -0.4 is 9.47 Å². The van der Waals surface area contributed by atoms with E-state index in [-0.39, 0.29) is 11.5 Å². The highest BCUT2D eigenvalue weighted by molar-refractivity contribution is 5.80. The molecule has 1 aromatic carbocycles. The minimum absolute atomic E-state index is 0.254. The zero-order valence-corrected chi connectivity index (χ0v) is 16.9. The lowest BCUT2D eigenvalue weighted by Gasteiger charge is -2.33. The molecule has 0 bridgehead atoms. The molecule has 0 N–H and O–H groups in total. The first-order valence-corrected chi connectivity index (χ1v) is 10.5. The van der Waals surface area contributed by atoms with Crippen LogP contribution in [0.15, 0.2) is 42.7 Å². The van der Waals surface area contributed by atoms with Gasteiger partial charge in [0.05, 0.1) is 18.6 Å². The topological polar surface area (TPSA) is 48.4 Å². The number of carbonyl (C=O) groups is 1. The third kappa shape index (κ3) is 4.45. The van der Waals surface area contributed by atoms with E-state index in [2.05, 4.69) is 29.0 Å². The molecule has 0 radical (unpaired) electrons. The Balaban J connectivity index is 1.70. The van der Waals surface area contributed by atoms with Gasteiger partial charge < -0.3 is 9.47 Å². The highest BCUT2D eigenvalue weighted by Crippen LogP contribution is 2.42. The van der Waals surface area contributed by atoms with Crippen molar-refractivity contribution in [2.75, 3.05) is 7.11 Å². The number of nitrogens with zero attached hydrogens (tertiary/aromatic N) is 1. The molecular formula is C25H27NO3. The van der Waals surface area contributed by atoms with Crippen molar-refractivity contribution in [2.45, 2.75) is 62.9 Å². The predicted octanol–water partition coefficient (Wildman–Crippen LogP) is 4.84. The number of carbonyl (C=O) groups excluding carboxylic acids is 1. The summed E-state index contributed by atoms with van der Waals surface area (Å²) in [6.07, 6.45) is 11.0. The van der Waals surface area contributed by atoms with E-state index in [4.69, 9.17) is 9.47 Å². The summed E-state index contributed by atoms with van der Waals surface area (Å²) in [7, 11) is 1.67. The zero-order chi connectivity index (χ0) is 20.1. The maximum atomic E-state index is 12.0. The standard InChI is InChI=1S/C25H27NO3/c1-28-23-9-8-20(17-24(23)29-22-6-2-3-7-22)25(14-11-21(27)12-15-25)13-10-19-5-4-16-26-18-19/h4-5,8-9,16-18,22H,2-3,6-7,11-12,14-15H2,1H3. The molecular weight excluding hydrogens is 362 g/mol. The number of hydrogen-bond acceptors (Lipinski definition) is 4. The number of hydrogen-bond donors (Lipinski definition) is 0. The summed E-state index contributed by atoms with van der Waals surface area (Å²) in [6.45, 7) is 0. The first kappa shape index (κ1) is 19.5. The summed E-state index contributed by atoms with van der Waals surface area (Å²) in [5.74, 6) is 8.66. The van der Waals surface area contributed by atoms with Crippen LogP contribution in [-0.4, -0.2) is 24.0 Å². The van der Waals surface area contributed by atoms with Crippen LogP contribution in [0.1, 0.15) is 62.5 Å². The number of ketones is 1. The van der Waals surface area contributed by atoms with E-state index in [9.17, 15) is 4.79 Å². The molecule has 4 rings (SSSR count). The Hall–Kier alpha value is -2.80. The fraction of sp³-hybridized carbons (Fsp3) is 0.440. The quantitative estimate of drug-likeness (QED) is 0.702. The molecule has 29 heavy (non-hydrogen) atoms. The van der Waals surface area contributed by atoms with E-state index in [0.717, 1.165) is 48.3 Å². The van der Waals surface area contributed by atoms with Crippen molar-refractivity contribution in [1.29, 1.82) is 0 Å². The van der Waals surface area contributed by atoms with Gasteiger partial charge in [0.15, 0.2) is 11.5 Å². The monoisotopic (exact) mass is 389 g/mol. The Kier molecular flexibility index (Phi) is 5.85. The van der Waals surface area contributed by atoms with Crippen molar-refractivity contribution in [3.8, 4) is 23.3 Å². The van der Waals surface area contributed by atoms with Gasteiger partial charge in [0, 0.05) is 30.8 Å². The third-order valence-electron chi connectivity index (χ3n) is 6.08. The van der Waals surface area contributed by atoms with Crippen LogP contribution in [0.4, 0.5) is 0 Å². The summed E-state index contributed by atoms with van der Waals surface area (Å²) in [4.78, 5) is 16.1. The molecule has 0 atom stereocenters. The first-order valence-electron chi connectivity index (χ1n) is 10.5.